The zero-order valence-corrected chi connectivity index (χ0v) is 7.88. The van der Waals surface area contributed by atoms with Gasteiger partial charge < -0.3 is 10.5 Å². The molecule has 0 spiro atoms. The summed E-state index contributed by atoms with van der Waals surface area (Å²) >= 11 is 0. The van der Waals surface area contributed by atoms with Crippen LogP contribution in [0.3, 0.4) is 0 Å². The largest absolute Gasteiger partial charge is 0.370 e. The topological polar surface area (TPSA) is 35.2 Å². The van der Waals surface area contributed by atoms with Gasteiger partial charge in [-0.2, -0.15) is 0 Å². The Morgan fingerprint density at radius 3 is 2.75 bits per heavy atom. The van der Waals surface area contributed by atoms with Gasteiger partial charge in [0.05, 0.1) is 11.7 Å². The summed E-state index contributed by atoms with van der Waals surface area (Å²) in [4.78, 5) is 0. The monoisotopic (exact) mass is 169 g/mol. The minimum absolute atomic E-state index is 0.0745. The van der Waals surface area contributed by atoms with E-state index in [1.165, 1.54) is 25.7 Å². The summed E-state index contributed by atoms with van der Waals surface area (Å²) in [5, 5.41) is 0. The number of ether oxygens (including phenoxy) is 1. The van der Waals surface area contributed by atoms with E-state index in [4.69, 9.17) is 10.5 Å². The Morgan fingerprint density at radius 2 is 2.17 bits per heavy atom. The first kappa shape index (κ1) is 8.52. The molecule has 0 aromatic carbocycles. The maximum Gasteiger partial charge on any atom is 0.0858 e. The average Bonchev–Trinajstić information content (AvgIpc) is 2.09. The number of rotatable bonds is 2. The van der Waals surface area contributed by atoms with Gasteiger partial charge in [-0.15, -0.1) is 0 Å². The van der Waals surface area contributed by atoms with E-state index in [1.807, 2.05) is 0 Å². The SMILES string of the molecule is CCC1(CN)OC2CCCCC21. The zero-order valence-electron chi connectivity index (χ0n) is 7.88. The third kappa shape index (κ3) is 1.01. The van der Waals surface area contributed by atoms with Crippen molar-refractivity contribution in [1.82, 2.24) is 0 Å². The molecule has 3 atom stereocenters. The Bertz CT molecular complexity index is 165. The Balaban J connectivity index is 2.02. The minimum atomic E-state index is 0.0745. The fourth-order valence-corrected chi connectivity index (χ4v) is 2.85. The minimum Gasteiger partial charge on any atom is -0.370 e. The van der Waals surface area contributed by atoms with Crippen molar-refractivity contribution in [2.75, 3.05) is 6.54 Å². The second kappa shape index (κ2) is 3.00. The molecule has 0 bridgehead atoms. The molecular weight excluding hydrogens is 150 g/mol. The van der Waals surface area contributed by atoms with Crippen molar-refractivity contribution in [2.45, 2.75) is 50.7 Å². The summed E-state index contributed by atoms with van der Waals surface area (Å²) < 4.78 is 5.90. The van der Waals surface area contributed by atoms with E-state index in [-0.39, 0.29) is 5.60 Å². The summed E-state index contributed by atoms with van der Waals surface area (Å²) in [7, 11) is 0. The van der Waals surface area contributed by atoms with Gasteiger partial charge >= 0.3 is 0 Å². The van der Waals surface area contributed by atoms with Crippen LogP contribution in [-0.2, 0) is 4.74 Å². The lowest BCUT2D eigenvalue weighted by Crippen LogP contribution is -2.64. The van der Waals surface area contributed by atoms with Crippen molar-refractivity contribution in [3.05, 3.63) is 0 Å². The molecule has 3 unspecified atom stereocenters. The van der Waals surface area contributed by atoms with Gasteiger partial charge in [-0.05, 0) is 19.3 Å². The maximum atomic E-state index is 5.90. The third-order valence-corrected chi connectivity index (χ3v) is 3.71. The predicted molar refractivity (Wildman–Crippen MR) is 48.9 cm³/mol. The van der Waals surface area contributed by atoms with E-state index in [0.29, 0.717) is 12.6 Å². The third-order valence-electron chi connectivity index (χ3n) is 3.71. The van der Waals surface area contributed by atoms with Crippen LogP contribution < -0.4 is 5.73 Å². The lowest BCUT2D eigenvalue weighted by atomic mass is 9.68. The van der Waals surface area contributed by atoms with E-state index in [1.54, 1.807) is 0 Å². The Labute approximate surface area is 74.5 Å². The Hall–Kier alpha value is -0.0800. The predicted octanol–water partition coefficient (Wildman–Crippen LogP) is 1.68. The van der Waals surface area contributed by atoms with Gasteiger partial charge in [-0.1, -0.05) is 19.8 Å². The molecule has 2 N–H and O–H groups in total. The highest BCUT2D eigenvalue weighted by atomic mass is 16.5. The molecule has 2 heteroatoms. The van der Waals surface area contributed by atoms with Crippen molar-refractivity contribution in [2.24, 2.45) is 11.7 Å². The van der Waals surface area contributed by atoms with Crippen LogP contribution in [0.15, 0.2) is 0 Å². The Morgan fingerprint density at radius 1 is 1.42 bits per heavy atom. The van der Waals surface area contributed by atoms with Gasteiger partial charge in [0.25, 0.3) is 0 Å². The van der Waals surface area contributed by atoms with Gasteiger partial charge in [0.1, 0.15) is 0 Å². The molecule has 0 aromatic rings. The second-order valence-corrected chi connectivity index (χ2v) is 4.17. The molecule has 0 amide bonds. The molecule has 0 radical (unpaired) electrons. The molecule has 1 saturated heterocycles. The second-order valence-electron chi connectivity index (χ2n) is 4.17. The van der Waals surface area contributed by atoms with Gasteiger partial charge in [0.15, 0.2) is 0 Å². The van der Waals surface area contributed by atoms with Crippen LogP contribution in [0.5, 0.6) is 0 Å². The van der Waals surface area contributed by atoms with Crippen LogP contribution in [-0.4, -0.2) is 18.2 Å². The van der Waals surface area contributed by atoms with E-state index in [0.717, 1.165) is 12.3 Å². The van der Waals surface area contributed by atoms with E-state index in [2.05, 4.69) is 6.92 Å². The summed E-state index contributed by atoms with van der Waals surface area (Å²) in [5.74, 6) is 0.779. The van der Waals surface area contributed by atoms with Gasteiger partial charge in [-0.3, -0.25) is 0 Å². The van der Waals surface area contributed by atoms with Crippen LogP contribution in [0.25, 0.3) is 0 Å². The number of nitrogens with two attached hydrogens (primary N) is 1. The number of hydrogen-bond acceptors (Lipinski definition) is 2. The van der Waals surface area contributed by atoms with Gasteiger partial charge in [0.2, 0.25) is 0 Å². The first-order valence-electron chi connectivity index (χ1n) is 5.20. The smallest absolute Gasteiger partial charge is 0.0858 e. The van der Waals surface area contributed by atoms with Crippen molar-refractivity contribution in [3.8, 4) is 0 Å². The summed E-state index contributed by atoms with van der Waals surface area (Å²) in [5.41, 5.74) is 5.84. The van der Waals surface area contributed by atoms with Crippen molar-refractivity contribution < 1.29 is 4.74 Å². The van der Waals surface area contributed by atoms with Crippen LogP contribution in [0.2, 0.25) is 0 Å². The summed E-state index contributed by atoms with van der Waals surface area (Å²) in [6.45, 7) is 2.91. The fourth-order valence-electron chi connectivity index (χ4n) is 2.85. The summed E-state index contributed by atoms with van der Waals surface area (Å²) in [6.07, 6.45) is 6.99. The molecule has 70 valence electrons. The van der Waals surface area contributed by atoms with Crippen molar-refractivity contribution >= 4 is 0 Å². The molecule has 1 heterocycles. The van der Waals surface area contributed by atoms with Crippen LogP contribution in [0.4, 0.5) is 0 Å². The molecule has 2 rings (SSSR count). The highest BCUT2D eigenvalue weighted by Gasteiger charge is 2.53. The molecule has 1 saturated carbocycles. The molecule has 2 nitrogen and oxygen atoms in total. The standard InChI is InChI=1S/C10H19NO/c1-2-10(7-11)8-5-3-4-6-9(8)12-10/h8-9H,2-7,11H2,1H3. The van der Waals surface area contributed by atoms with Crippen LogP contribution in [0.1, 0.15) is 39.0 Å². The molecule has 1 aliphatic heterocycles. The van der Waals surface area contributed by atoms with Crippen LogP contribution >= 0.6 is 0 Å². The van der Waals surface area contributed by atoms with Crippen LogP contribution in [0, 0.1) is 5.92 Å². The average molecular weight is 169 g/mol. The lowest BCUT2D eigenvalue weighted by molar-refractivity contribution is -0.269. The van der Waals surface area contributed by atoms with Crippen molar-refractivity contribution in [3.63, 3.8) is 0 Å². The van der Waals surface area contributed by atoms with Gasteiger partial charge in [0, 0.05) is 12.5 Å². The maximum absolute atomic E-state index is 5.90. The van der Waals surface area contributed by atoms with Crippen molar-refractivity contribution in [1.29, 1.82) is 0 Å². The lowest BCUT2D eigenvalue weighted by Gasteiger charge is -2.56. The number of hydrogen-bond donors (Lipinski definition) is 1. The highest BCUT2D eigenvalue weighted by molar-refractivity contribution is 5.02. The van der Waals surface area contributed by atoms with E-state index >= 15 is 0 Å². The van der Waals surface area contributed by atoms with E-state index < -0.39 is 0 Å². The highest BCUT2D eigenvalue weighted by Crippen LogP contribution is 2.48. The Kier molecular flexibility index (Phi) is 2.13. The molecule has 2 fully saturated rings. The molecule has 12 heavy (non-hydrogen) atoms. The number of fused-ring (bicyclic) bond motifs is 1. The first-order chi connectivity index (χ1) is 5.82. The molecule has 0 aromatic heterocycles. The fraction of sp³-hybridized carbons (Fsp3) is 1.00. The molecular formula is C10H19NO. The first-order valence-corrected chi connectivity index (χ1v) is 5.20. The zero-order chi connectivity index (χ0) is 8.60. The van der Waals surface area contributed by atoms with E-state index in [9.17, 15) is 0 Å². The normalized spacial score (nSPS) is 46.5. The molecule has 1 aliphatic carbocycles. The molecule has 2 aliphatic rings. The quantitative estimate of drug-likeness (QED) is 0.682. The van der Waals surface area contributed by atoms with Gasteiger partial charge in [-0.25, -0.2) is 0 Å². The summed E-state index contributed by atoms with van der Waals surface area (Å²) in [6, 6.07) is 0.